The number of carbonyl (C=O) groups excluding carboxylic acids is 2. The summed E-state index contributed by atoms with van der Waals surface area (Å²) in [5, 5.41) is 2.90. The molecule has 0 aliphatic rings. The number of methoxy groups -OCH3 is 1. The van der Waals surface area contributed by atoms with Crippen LogP contribution in [0.25, 0.3) is 0 Å². The second-order valence-electron chi connectivity index (χ2n) is 7.18. The van der Waals surface area contributed by atoms with Gasteiger partial charge in [-0.05, 0) is 47.7 Å². The molecule has 0 heterocycles. The molecule has 0 aliphatic carbocycles. The Morgan fingerprint density at radius 3 is 2.39 bits per heavy atom. The topological polar surface area (TPSA) is 58.6 Å². The highest BCUT2D eigenvalue weighted by Crippen LogP contribution is 2.17. The van der Waals surface area contributed by atoms with E-state index < -0.39 is 0 Å². The lowest BCUT2D eigenvalue weighted by molar-refractivity contribution is -0.129. The van der Waals surface area contributed by atoms with Crippen LogP contribution in [0.3, 0.4) is 0 Å². The van der Waals surface area contributed by atoms with Gasteiger partial charge in [-0.15, -0.1) is 0 Å². The van der Waals surface area contributed by atoms with Crippen LogP contribution in [0.4, 0.5) is 5.69 Å². The van der Waals surface area contributed by atoms with E-state index in [1.807, 2.05) is 48.5 Å². The monoisotopic (exact) mass is 382 g/mol. The maximum absolute atomic E-state index is 12.3. The minimum absolute atomic E-state index is 0.0306. The standard InChI is InChI=1S/C23H30N2O3/c1-17(2)20-8-10-21(11-9-20)24-23(27)13-15-25(18(3)26)14-12-19-6-5-7-22(16-19)28-4/h5-11,16-17H,12-15H2,1-4H3,(H,24,27). The van der Waals surface area contributed by atoms with Crippen molar-refractivity contribution in [1.82, 2.24) is 4.90 Å². The Balaban J connectivity index is 1.84. The molecule has 0 atom stereocenters. The molecular formula is C23H30N2O3. The summed E-state index contributed by atoms with van der Waals surface area (Å²) in [6, 6.07) is 15.7. The Hall–Kier alpha value is -2.82. The quantitative estimate of drug-likeness (QED) is 0.706. The van der Waals surface area contributed by atoms with E-state index in [2.05, 4.69) is 19.2 Å². The molecular weight excluding hydrogens is 352 g/mol. The van der Waals surface area contributed by atoms with Crippen molar-refractivity contribution in [3.05, 3.63) is 59.7 Å². The molecule has 2 rings (SSSR count). The van der Waals surface area contributed by atoms with Gasteiger partial charge in [0.05, 0.1) is 7.11 Å². The summed E-state index contributed by atoms with van der Waals surface area (Å²) in [6.45, 7) is 6.77. The third kappa shape index (κ3) is 6.72. The summed E-state index contributed by atoms with van der Waals surface area (Å²) in [5.74, 6) is 1.13. The number of nitrogens with zero attached hydrogens (tertiary/aromatic N) is 1. The van der Waals surface area contributed by atoms with Gasteiger partial charge in [-0.1, -0.05) is 38.1 Å². The summed E-state index contributed by atoms with van der Waals surface area (Å²) in [4.78, 5) is 25.9. The van der Waals surface area contributed by atoms with Crippen LogP contribution in [0, 0.1) is 0 Å². The molecule has 28 heavy (non-hydrogen) atoms. The number of anilines is 1. The predicted octanol–water partition coefficient (Wildman–Crippen LogP) is 4.24. The number of benzene rings is 2. The van der Waals surface area contributed by atoms with Gasteiger partial charge >= 0.3 is 0 Å². The first kappa shape index (κ1) is 21.5. The lowest BCUT2D eigenvalue weighted by Crippen LogP contribution is -2.33. The molecule has 0 bridgehead atoms. The van der Waals surface area contributed by atoms with Crippen LogP contribution in [0.15, 0.2) is 48.5 Å². The number of nitrogens with one attached hydrogen (secondary N) is 1. The van der Waals surface area contributed by atoms with Gasteiger partial charge in [-0.25, -0.2) is 0 Å². The molecule has 1 N–H and O–H groups in total. The van der Waals surface area contributed by atoms with Gasteiger partial charge in [0.1, 0.15) is 5.75 Å². The molecule has 0 fully saturated rings. The van der Waals surface area contributed by atoms with E-state index in [4.69, 9.17) is 4.74 Å². The molecule has 0 aliphatic heterocycles. The molecule has 0 unspecified atom stereocenters. The SMILES string of the molecule is COc1cccc(CCN(CCC(=O)Nc2ccc(C(C)C)cc2)C(C)=O)c1. The molecule has 0 aromatic heterocycles. The molecule has 2 aromatic rings. The van der Waals surface area contributed by atoms with E-state index in [-0.39, 0.29) is 18.2 Å². The Morgan fingerprint density at radius 2 is 1.79 bits per heavy atom. The lowest BCUT2D eigenvalue weighted by atomic mass is 10.0. The van der Waals surface area contributed by atoms with E-state index >= 15 is 0 Å². The first-order valence-corrected chi connectivity index (χ1v) is 9.67. The zero-order chi connectivity index (χ0) is 20.5. The van der Waals surface area contributed by atoms with Crippen molar-refractivity contribution in [2.45, 2.75) is 39.5 Å². The number of carbonyl (C=O) groups is 2. The van der Waals surface area contributed by atoms with Crippen molar-refractivity contribution in [1.29, 1.82) is 0 Å². The molecule has 2 aromatic carbocycles. The number of amides is 2. The minimum atomic E-state index is -0.0927. The van der Waals surface area contributed by atoms with Crippen LogP contribution in [0.2, 0.25) is 0 Å². The van der Waals surface area contributed by atoms with Gasteiger partial charge in [0.15, 0.2) is 0 Å². The average molecular weight is 383 g/mol. The molecule has 0 saturated carbocycles. The fraction of sp³-hybridized carbons (Fsp3) is 0.391. The van der Waals surface area contributed by atoms with E-state index in [1.165, 1.54) is 12.5 Å². The lowest BCUT2D eigenvalue weighted by Gasteiger charge is -2.21. The van der Waals surface area contributed by atoms with Gasteiger partial charge in [0.25, 0.3) is 0 Å². The summed E-state index contributed by atoms with van der Waals surface area (Å²) >= 11 is 0. The molecule has 0 spiro atoms. The Bertz CT molecular complexity index is 785. The van der Waals surface area contributed by atoms with Crippen molar-refractivity contribution >= 4 is 17.5 Å². The van der Waals surface area contributed by atoms with E-state index in [1.54, 1.807) is 12.0 Å². The molecule has 5 heteroatoms. The zero-order valence-electron chi connectivity index (χ0n) is 17.2. The molecule has 2 amide bonds. The Labute approximate surface area is 167 Å². The van der Waals surface area contributed by atoms with Crippen LogP contribution >= 0.6 is 0 Å². The van der Waals surface area contributed by atoms with Gasteiger partial charge in [0, 0.05) is 32.1 Å². The summed E-state index contributed by atoms with van der Waals surface area (Å²) in [5.41, 5.74) is 3.11. The second-order valence-corrected chi connectivity index (χ2v) is 7.18. The fourth-order valence-electron chi connectivity index (χ4n) is 2.93. The zero-order valence-corrected chi connectivity index (χ0v) is 17.2. The molecule has 0 radical (unpaired) electrons. The highest BCUT2D eigenvalue weighted by atomic mass is 16.5. The van der Waals surface area contributed by atoms with Crippen molar-refractivity contribution in [2.75, 3.05) is 25.5 Å². The van der Waals surface area contributed by atoms with E-state index in [9.17, 15) is 9.59 Å². The van der Waals surface area contributed by atoms with Gasteiger partial charge in [0.2, 0.25) is 11.8 Å². The Morgan fingerprint density at radius 1 is 1.07 bits per heavy atom. The average Bonchev–Trinajstić information content (AvgIpc) is 2.68. The number of hydrogen-bond donors (Lipinski definition) is 1. The molecule has 0 saturated heterocycles. The summed E-state index contributed by atoms with van der Waals surface area (Å²) in [7, 11) is 1.63. The van der Waals surface area contributed by atoms with Gasteiger partial charge in [-0.2, -0.15) is 0 Å². The molecule has 150 valence electrons. The van der Waals surface area contributed by atoms with Crippen molar-refractivity contribution in [3.8, 4) is 5.75 Å². The van der Waals surface area contributed by atoms with E-state index in [0.29, 0.717) is 19.0 Å². The fourth-order valence-corrected chi connectivity index (χ4v) is 2.93. The predicted molar refractivity (Wildman–Crippen MR) is 113 cm³/mol. The largest absolute Gasteiger partial charge is 0.497 e. The second kappa shape index (κ2) is 10.5. The van der Waals surface area contributed by atoms with Crippen LogP contribution in [-0.2, 0) is 16.0 Å². The summed E-state index contributed by atoms with van der Waals surface area (Å²) in [6.07, 6.45) is 0.985. The van der Waals surface area contributed by atoms with Gasteiger partial charge < -0.3 is 15.0 Å². The van der Waals surface area contributed by atoms with E-state index in [0.717, 1.165) is 23.4 Å². The minimum Gasteiger partial charge on any atom is -0.497 e. The maximum atomic E-state index is 12.3. The van der Waals surface area contributed by atoms with Crippen LogP contribution in [0.5, 0.6) is 5.75 Å². The number of hydrogen-bond acceptors (Lipinski definition) is 3. The van der Waals surface area contributed by atoms with Gasteiger partial charge in [-0.3, -0.25) is 9.59 Å². The first-order valence-electron chi connectivity index (χ1n) is 9.67. The van der Waals surface area contributed by atoms with Crippen LogP contribution in [-0.4, -0.2) is 36.9 Å². The van der Waals surface area contributed by atoms with Crippen LogP contribution in [0.1, 0.15) is 44.2 Å². The third-order valence-electron chi connectivity index (χ3n) is 4.72. The highest BCUT2D eigenvalue weighted by molar-refractivity contribution is 5.91. The number of rotatable bonds is 9. The maximum Gasteiger partial charge on any atom is 0.226 e. The molecule has 5 nitrogen and oxygen atoms in total. The smallest absolute Gasteiger partial charge is 0.226 e. The first-order chi connectivity index (χ1) is 13.4. The third-order valence-corrected chi connectivity index (χ3v) is 4.72. The normalized spacial score (nSPS) is 10.6. The van der Waals surface area contributed by atoms with Crippen molar-refractivity contribution < 1.29 is 14.3 Å². The highest BCUT2D eigenvalue weighted by Gasteiger charge is 2.12. The van der Waals surface area contributed by atoms with Crippen molar-refractivity contribution in [3.63, 3.8) is 0 Å². The Kier molecular flexibility index (Phi) is 8.05. The number of ether oxygens (including phenoxy) is 1. The van der Waals surface area contributed by atoms with Crippen molar-refractivity contribution in [2.24, 2.45) is 0 Å². The summed E-state index contributed by atoms with van der Waals surface area (Å²) < 4.78 is 5.23. The van der Waals surface area contributed by atoms with Crippen LogP contribution < -0.4 is 10.1 Å².